The van der Waals surface area contributed by atoms with E-state index in [4.69, 9.17) is 4.42 Å². The predicted molar refractivity (Wildman–Crippen MR) is 88.4 cm³/mol. The van der Waals surface area contributed by atoms with Crippen molar-refractivity contribution in [2.45, 2.75) is 0 Å². The first kappa shape index (κ1) is 14.1. The van der Waals surface area contributed by atoms with Crippen LogP contribution in [0.25, 0.3) is 22.4 Å². The van der Waals surface area contributed by atoms with Crippen LogP contribution in [-0.2, 0) is 7.05 Å². The molecule has 7 heteroatoms. The fourth-order valence-electron chi connectivity index (χ4n) is 2.49. The van der Waals surface area contributed by atoms with E-state index in [2.05, 4.69) is 20.6 Å². The average molecular weight is 319 g/mol. The van der Waals surface area contributed by atoms with Gasteiger partial charge in [0, 0.05) is 18.8 Å². The van der Waals surface area contributed by atoms with E-state index in [1.54, 1.807) is 30.1 Å². The molecular weight excluding hydrogens is 306 g/mol. The van der Waals surface area contributed by atoms with Gasteiger partial charge in [-0.05, 0) is 22.9 Å². The lowest BCUT2D eigenvalue weighted by atomic mass is 10.0. The number of aromatic nitrogens is 4. The highest BCUT2D eigenvalue weighted by molar-refractivity contribution is 6.12. The van der Waals surface area contributed by atoms with Crippen molar-refractivity contribution in [1.82, 2.24) is 20.0 Å². The summed E-state index contributed by atoms with van der Waals surface area (Å²) in [5.41, 5.74) is 1.10. The largest absolute Gasteiger partial charge is 0.401 e. The first-order chi connectivity index (χ1) is 11.7. The van der Waals surface area contributed by atoms with Gasteiger partial charge in [-0.25, -0.2) is 0 Å². The lowest BCUT2D eigenvalue weighted by molar-refractivity contribution is 0.102. The molecule has 2 aromatic carbocycles. The van der Waals surface area contributed by atoms with E-state index in [1.807, 2.05) is 36.4 Å². The first-order valence-electron chi connectivity index (χ1n) is 7.33. The Morgan fingerprint density at radius 2 is 1.92 bits per heavy atom. The van der Waals surface area contributed by atoms with Crippen molar-refractivity contribution in [3.8, 4) is 11.6 Å². The number of rotatable bonds is 3. The van der Waals surface area contributed by atoms with Crippen molar-refractivity contribution in [1.29, 1.82) is 0 Å². The summed E-state index contributed by atoms with van der Waals surface area (Å²) >= 11 is 0. The highest BCUT2D eigenvalue weighted by Gasteiger charge is 2.15. The number of hydrogen-bond acceptors (Lipinski definition) is 5. The van der Waals surface area contributed by atoms with Gasteiger partial charge in [-0.3, -0.25) is 14.8 Å². The molecule has 4 aromatic rings. The quantitative estimate of drug-likeness (QED) is 0.627. The molecule has 0 bridgehead atoms. The van der Waals surface area contributed by atoms with Gasteiger partial charge in [0.05, 0.1) is 0 Å². The molecule has 0 saturated carbocycles. The van der Waals surface area contributed by atoms with Crippen molar-refractivity contribution < 1.29 is 9.21 Å². The molecule has 7 nitrogen and oxygen atoms in total. The highest BCUT2D eigenvalue weighted by atomic mass is 16.4. The van der Waals surface area contributed by atoms with E-state index in [0.29, 0.717) is 11.3 Å². The predicted octanol–water partition coefficient (Wildman–Crippen LogP) is 2.88. The number of anilines is 1. The molecule has 0 unspecified atom stereocenters. The van der Waals surface area contributed by atoms with E-state index >= 15 is 0 Å². The monoisotopic (exact) mass is 319 g/mol. The average Bonchev–Trinajstić information content (AvgIpc) is 3.23. The van der Waals surface area contributed by atoms with Crippen molar-refractivity contribution in [2.75, 3.05) is 5.32 Å². The molecule has 118 valence electrons. The van der Waals surface area contributed by atoms with E-state index < -0.39 is 0 Å². The lowest BCUT2D eigenvalue weighted by Crippen LogP contribution is -2.12. The third kappa shape index (κ3) is 2.52. The molecule has 24 heavy (non-hydrogen) atoms. The van der Waals surface area contributed by atoms with Gasteiger partial charge in [0.1, 0.15) is 5.69 Å². The molecular formula is C17H13N5O2. The number of hydrogen-bond donors (Lipinski definition) is 1. The van der Waals surface area contributed by atoms with Gasteiger partial charge in [-0.1, -0.05) is 41.5 Å². The molecule has 0 aliphatic rings. The Morgan fingerprint density at radius 1 is 1.08 bits per heavy atom. The minimum absolute atomic E-state index is 0.0357. The molecule has 4 rings (SSSR count). The number of fused-ring (bicyclic) bond motifs is 1. The second kappa shape index (κ2) is 5.62. The Bertz CT molecular complexity index is 1030. The minimum atomic E-state index is -0.303. The normalized spacial score (nSPS) is 10.9. The van der Waals surface area contributed by atoms with Gasteiger partial charge < -0.3 is 4.42 Å². The molecule has 0 aliphatic carbocycles. The van der Waals surface area contributed by atoms with Gasteiger partial charge in [-0.15, -0.1) is 5.10 Å². The van der Waals surface area contributed by atoms with E-state index in [9.17, 15) is 4.79 Å². The summed E-state index contributed by atoms with van der Waals surface area (Å²) < 4.78 is 7.09. The molecule has 0 saturated heterocycles. The number of benzene rings is 2. The van der Waals surface area contributed by atoms with E-state index in [-0.39, 0.29) is 17.8 Å². The zero-order valence-electron chi connectivity index (χ0n) is 12.8. The molecule has 2 heterocycles. The molecule has 0 radical (unpaired) electrons. The fraction of sp³-hybridized carbons (Fsp3) is 0.0588. The Balaban J connectivity index is 1.61. The highest BCUT2D eigenvalue weighted by Crippen LogP contribution is 2.21. The van der Waals surface area contributed by atoms with Crippen LogP contribution in [0.1, 0.15) is 10.4 Å². The summed E-state index contributed by atoms with van der Waals surface area (Å²) in [5.74, 6) is -0.0492. The third-order valence-corrected chi connectivity index (χ3v) is 3.61. The van der Waals surface area contributed by atoms with Gasteiger partial charge in [0.25, 0.3) is 11.8 Å². The van der Waals surface area contributed by atoms with Crippen molar-refractivity contribution in [2.24, 2.45) is 7.05 Å². The number of aryl methyl sites for hydroxylation is 1. The van der Waals surface area contributed by atoms with Crippen LogP contribution in [0.15, 0.2) is 59.1 Å². The standard InChI is InChI=1S/C17H13N5O2/c1-22-10-9-14(21-22)16-19-20-17(24-16)18-15(23)13-8-4-6-11-5-2-3-7-12(11)13/h2-10H,1H3,(H,18,20,23). The molecule has 0 spiro atoms. The summed E-state index contributed by atoms with van der Waals surface area (Å²) in [7, 11) is 1.79. The summed E-state index contributed by atoms with van der Waals surface area (Å²) in [5, 5.41) is 16.4. The Kier molecular flexibility index (Phi) is 3.31. The number of carbonyl (C=O) groups excluding carboxylic acids is 1. The van der Waals surface area contributed by atoms with Crippen molar-refractivity contribution in [3.63, 3.8) is 0 Å². The van der Waals surface area contributed by atoms with Gasteiger partial charge in [-0.2, -0.15) is 5.10 Å². The Hall–Kier alpha value is -3.48. The van der Waals surface area contributed by atoms with Crippen LogP contribution >= 0.6 is 0 Å². The van der Waals surface area contributed by atoms with E-state index in [0.717, 1.165) is 10.8 Å². The van der Waals surface area contributed by atoms with E-state index in [1.165, 1.54) is 0 Å². The molecule has 1 N–H and O–H groups in total. The number of nitrogens with zero attached hydrogens (tertiary/aromatic N) is 4. The lowest BCUT2D eigenvalue weighted by Gasteiger charge is -2.05. The van der Waals surface area contributed by atoms with Crippen LogP contribution in [-0.4, -0.2) is 25.9 Å². The van der Waals surface area contributed by atoms with Gasteiger partial charge in [0.2, 0.25) is 0 Å². The summed E-state index contributed by atoms with van der Waals surface area (Å²) in [6, 6.07) is 15.0. The number of amides is 1. The second-order valence-corrected chi connectivity index (χ2v) is 5.27. The third-order valence-electron chi connectivity index (χ3n) is 3.61. The summed E-state index contributed by atoms with van der Waals surface area (Å²) in [4.78, 5) is 12.5. The Labute approximate surface area is 136 Å². The fourth-order valence-corrected chi connectivity index (χ4v) is 2.49. The van der Waals surface area contributed by atoms with Crippen molar-refractivity contribution in [3.05, 3.63) is 60.3 Å². The number of nitrogens with one attached hydrogen (secondary N) is 1. The van der Waals surface area contributed by atoms with Crippen LogP contribution in [0.3, 0.4) is 0 Å². The first-order valence-corrected chi connectivity index (χ1v) is 7.33. The number of carbonyl (C=O) groups is 1. The molecule has 0 atom stereocenters. The maximum atomic E-state index is 12.5. The van der Waals surface area contributed by atoms with Crippen molar-refractivity contribution >= 4 is 22.7 Å². The maximum absolute atomic E-state index is 12.5. The van der Waals surface area contributed by atoms with Crippen LogP contribution in [0.2, 0.25) is 0 Å². The van der Waals surface area contributed by atoms with Crippen LogP contribution in [0.5, 0.6) is 0 Å². The molecule has 1 amide bonds. The second-order valence-electron chi connectivity index (χ2n) is 5.27. The maximum Gasteiger partial charge on any atom is 0.322 e. The van der Waals surface area contributed by atoms with Crippen LogP contribution < -0.4 is 5.32 Å². The topological polar surface area (TPSA) is 85.8 Å². The van der Waals surface area contributed by atoms with Crippen LogP contribution in [0.4, 0.5) is 6.01 Å². The van der Waals surface area contributed by atoms with Gasteiger partial charge >= 0.3 is 6.01 Å². The molecule has 0 fully saturated rings. The SMILES string of the molecule is Cn1ccc(-c2nnc(NC(=O)c3cccc4ccccc34)o2)n1. The summed E-state index contributed by atoms with van der Waals surface area (Å²) in [6.45, 7) is 0. The smallest absolute Gasteiger partial charge is 0.322 e. The van der Waals surface area contributed by atoms with Crippen LogP contribution in [0, 0.1) is 0 Å². The summed E-state index contributed by atoms with van der Waals surface area (Å²) in [6.07, 6.45) is 1.77. The molecule has 2 aromatic heterocycles. The minimum Gasteiger partial charge on any atom is -0.401 e. The molecule has 0 aliphatic heterocycles. The van der Waals surface area contributed by atoms with Gasteiger partial charge in [0.15, 0.2) is 0 Å². The zero-order chi connectivity index (χ0) is 16.5. The Morgan fingerprint density at radius 3 is 2.75 bits per heavy atom. The zero-order valence-corrected chi connectivity index (χ0v) is 12.8.